The standard InChI is InChI=1S/C102H82BN5S/c1-100(2,3)71-50-56-86(80(64-71)68-33-16-9-17-34-68)107-90-65-76(104(72-35-18-10-19-36-72)73-37-20-11-21-38-73)51-53-83(90)103-84-54-52-77(105(74-39-22-12-23-40-74)75-41-24-13-25-42-75)66-91(84)108(89-47-30-45-82-98(89)102(6,7)60-59-101(82,4)5)93-63-70(62-92(107)99(93)103)69-49-55-87-81(61-69)96-88(57-58-95-97(96)79-44-27-29-48-94(79)109-95)106(87)85-46-28-26-43-78(85)67-31-14-8-15-32-67/h8-58,61-66H,59-60H2,1-7H3. The Kier molecular flexibility index (Phi) is 15.5. The fraction of sp³-hybridized carbons (Fsp3) is 0.118. The van der Waals surface area contributed by atoms with Gasteiger partial charge in [-0.2, -0.15) is 0 Å². The van der Waals surface area contributed by atoms with E-state index in [4.69, 9.17) is 0 Å². The molecule has 0 saturated carbocycles. The number of hydrogen-bond acceptors (Lipinski definition) is 5. The van der Waals surface area contributed by atoms with Crippen molar-refractivity contribution in [1.29, 1.82) is 0 Å². The van der Waals surface area contributed by atoms with Crippen molar-refractivity contribution in [1.82, 2.24) is 4.57 Å². The van der Waals surface area contributed by atoms with Crippen LogP contribution in [0.3, 0.4) is 0 Å². The van der Waals surface area contributed by atoms with Crippen LogP contribution in [0.1, 0.15) is 78.0 Å². The fourth-order valence-corrected chi connectivity index (χ4v) is 19.5. The Morgan fingerprint density at radius 1 is 0.330 bits per heavy atom. The molecule has 5 nitrogen and oxygen atoms in total. The molecule has 524 valence electrons. The smallest absolute Gasteiger partial charge is 0.252 e. The zero-order valence-corrected chi connectivity index (χ0v) is 63.4. The Bertz CT molecular complexity index is 6340. The minimum atomic E-state index is -0.230. The molecule has 0 fully saturated rings. The van der Waals surface area contributed by atoms with Crippen LogP contribution in [0.25, 0.3) is 81.0 Å². The molecule has 0 N–H and O–H groups in total. The van der Waals surface area contributed by atoms with Gasteiger partial charge in [0.25, 0.3) is 6.71 Å². The molecule has 2 aliphatic heterocycles. The average Bonchev–Trinajstić information content (AvgIpc) is 0.715. The Morgan fingerprint density at radius 2 is 0.835 bits per heavy atom. The highest BCUT2D eigenvalue weighted by atomic mass is 32.1. The first-order valence-corrected chi connectivity index (χ1v) is 39.3. The van der Waals surface area contributed by atoms with E-state index < -0.39 is 0 Å². The van der Waals surface area contributed by atoms with Crippen LogP contribution in [-0.4, -0.2) is 11.3 Å². The minimum Gasteiger partial charge on any atom is -0.311 e. The summed E-state index contributed by atoms with van der Waals surface area (Å²) in [7, 11) is 0. The maximum absolute atomic E-state index is 2.74. The van der Waals surface area contributed by atoms with E-state index in [2.05, 4.69) is 418 Å². The number of benzene rings is 15. The van der Waals surface area contributed by atoms with Crippen LogP contribution in [0, 0.1) is 0 Å². The Balaban J connectivity index is 0.942. The van der Waals surface area contributed by atoms with Gasteiger partial charge in [0.15, 0.2) is 0 Å². The van der Waals surface area contributed by atoms with Crippen LogP contribution in [0.2, 0.25) is 0 Å². The molecule has 109 heavy (non-hydrogen) atoms. The second-order valence-electron chi connectivity index (χ2n) is 32.2. The lowest BCUT2D eigenvalue weighted by Crippen LogP contribution is -2.61. The zero-order valence-electron chi connectivity index (χ0n) is 62.5. The Morgan fingerprint density at radius 3 is 1.42 bits per heavy atom. The molecule has 0 atom stereocenters. The highest BCUT2D eigenvalue weighted by molar-refractivity contribution is 7.26. The summed E-state index contributed by atoms with van der Waals surface area (Å²) in [6.45, 7) is 16.7. The molecule has 17 aromatic rings. The van der Waals surface area contributed by atoms with E-state index in [-0.39, 0.29) is 23.0 Å². The SMILES string of the molecule is CC(C)(C)c1ccc(N2c3cc(N(c4ccccc4)c4ccccc4)ccc3B3c4ccc(N(c5ccccc5)c5ccccc5)cc4N(c4cccc5c4C(C)(C)CCC5(C)C)c4cc(-c5ccc6c(c5)c5c7c(ccc5n6-c5ccccc5-c5ccccc5)sc5ccccc57)cc2c43)c(-c2ccccc2)c1. The number of aromatic nitrogens is 1. The van der Waals surface area contributed by atoms with Crippen molar-refractivity contribution in [2.24, 2.45) is 0 Å². The Labute approximate surface area is 643 Å². The van der Waals surface area contributed by atoms with Crippen molar-refractivity contribution in [2.75, 3.05) is 19.6 Å². The monoisotopic (exact) mass is 1420 g/mol. The maximum Gasteiger partial charge on any atom is 0.252 e. The lowest BCUT2D eigenvalue weighted by atomic mass is 9.33. The van der Waals surface area contributed by atoms with E-state index in [1.807, 2.05) is 11.3 Å². The summed E-state index contributed by atoms with van der Waals surface area (Å²) in [6, 6.07) is 130. The molecular weight excluding hydrogens is 1340 g/mol. The first-order chi connectivity index (χ1) is 53.2. The molecule has 3 aliphatic rings. The van der Waals surface area contributed by atoms with Crippen LogP contribution in [0.5, 0.6) is 0 Å². The predicted octanol–water partition coefficient (Wildman–Crippen LogP) is 26.8. The number of thiophene rings is 1. The first-order valence-electron chi connectivity index (χ1n) is 38.5. The van der Waals surface area contributed by atoms with Crippen LogP contribution in [0.4, 0.5) is 68.2 Å². The summed E-state index contributed by atoms with van der Waals surface area (Å²) < 4.78 is 5.11. The molecule has 4 heterocycles. The van der Waals surface area contributed by atoms with Crippen molar-refractivity contribution in [3.05, 3.63) is 362 Å². The zero-order chi connectivity index (χ0) is 73.4. The molecule has 1 aliphatic carbocycles. The number of hydrogen-bond donors (Lipinski definition) is 0. The molecule has 2 aromatic heterocycles. The molecule has 0 spiro atoms. The highest BCUT2D eigenvalue weighted by Crippen LogP contribution is 2.56. The minimum absolute atomic E-state index is 0.0775. The number of anilines is 12. The molecule has 0 bridgehead atoms. The van der Waals surface area contributed by atoms with Crippen molar-refractivity contribution in [3.8, 4) is 39.1 Å². The van der Waals surface area contributed by atoms with Gasteiger partial charge in [-0.15, -0.1) is 11.3 Å². The fourth-order valence-electron chi connectivity index (χ4n) is 18.4. The predicted molar refractivity (Wildman–Crippen MR) is 467 cm³/mol. The van der Waals surface area contributed by atoms with Crippen LogP contribution in [0.15, 0.2) is 346 Å². The molecule has 0 radical (unpaired) electrons. The third kappa shape index (κ3) is 10.9. The quantitative estimate of drug-likeness (QED) is 0.113. The number of nitrogens with zero attached hydrogens (tertiary/aromatic N) is 5. The van der Waals surface area contributed by atoms with Crippen molar-refractivity contribution >= 4 is 145 Å². The van der Waals surface area contributed by atoms with Gasteiger partial charge in [0.05, 0.1) is 28.1 Å². The summed E-state index contributed by atoms with van der Waals surface area (Å²) in [6.07, 6.45) is 2.14. The molecule has 0 saturated heterocycles. The number of para-hydroxylation sites is 5. The third-order valence-corrected chi connectivity index (χ3v) is 24.8. The summed E-state index contributed by atoms with van der Waals surface area (Å²) in [5.41, 5.74) is 31.3. The molecule has 0 unspecified atom stereocenters. The molecular formula is C102H82BN5S. The van der Waals surface area contributed by atoms with E-state index in [1.54, 1.807) is 0 Å². The second kappa shape index (κ2) is 25.7. The summed E-state index contributed by atoms with van der Waals surface area (Å²) in [4.78, 5) is 10.3. The molecule has 20 rings (SSSR count). The van der Waals surface area contributed by atoms with E-state index in [1.165, 1.54) is 91.9 Å². The number of fused-ring (bicyclic) bond motifs is 12. The van der Waals surface area contributed by atoms with Gasteiger partial charge in [-0.1, -0.05) is 255 Å². The third-order valence-electron chi connectivity index (χ3n) is 23.7. The Hall–Kier alpha value is -12.4. The summed E-state index contributed by atoms with van der Waals surface area (Å²) >= 11 is 1.89. The van der Waals surface area contributed by atoms with Crippen LogP contribution < -0.4 is 36.0 Å². The summed E-state index contributed by atoms with van der Waals surface area (Å²) in [5, 5.41) is 5.04. The maximum atomic E-state index is 2.74. The van der Waals surface area contributed by atoms with E-state index in [0.717, 1.165) is 103 Å². The van der Waals surface area contributed by atoms with Crippen molar-refractivity contribution in [2.45, 2.75) is 77.6 Å². The van der Waals surface area contributed by atoms with E-state index in [9.17, 15) is 0 Å². The van der Waals surface area contributed by atoms with Gasteiger partial charge in [-0.05, 0) is 224 Å². The van der Waals surface area contributed by atoms with Crippen LogP contribution >= 0.6 is 11.3 Å². The highest BCUT2D eigenvalue weighted by Gasteiger charge is 2.47. The summed E-state index contributed by atoms with van der Waals surface area (Å²) in [5.74, 6) is 0. The first kappa shape index (κ1) is 66.1. The van der Waals surface area contributed by atoms with Gasteiger partial charge in [-0.25, -0.2) is 0 Å². The molecule has 7 heteroatoms. The largest absolute Gasteiger partial charge is 0.311 e. The van der Waals surface area contributed by atoms with Gasteiger partial charge in [0.1, 0.15) is 0 Å². The topological polar surface area (TPSA) is 17.9 Å². The number of rotatable bonds is 12. The average molecular weight is 1420 g/mol. The normalized spacial score (nSPS) is 14.0. The van der Waals surface area contributed by atoms with Gasteiger partial charge in [0.2, 0.25) is 0 Å². The lowest BCUT2D eigenvalue weighted by molar-refractivity contribution is 0.332. The van der Waals surface area contributed by atoms with Crippen molar-refractivity contribution in [3.63, 3.8) is 0 Å². The van der Waals surface area contributed by atoms with Crippen molar-refractivity contribution < 1.29 is 0 Å². The second-order valence-corrected chi connectivity index (χ2v) is 33.3. The lowest BCUT2D eigenvalue weighted by Gasteiger charge is -2.48. The van der Waals surface area contributed by atoms with E-state index >= 15 is 0 Å². The molecule has 0 amide bonds. The van der Waals surface area contributed by atoms with Crippen LogP contribution in [-0.2, 0) is 16.2 Å². The van der Waals surface area contributed by atoms with Gasteiger partial charge in [-0.3, -0.25) is 0 Å². The van der Waals surface area contributed by atoms with E-state index in [0.29, 0.717) is 0 Å². The van der Waals surface area contributed by atoms with Gasteiger partial charge < -0.3 is 24.2 Å². The molecule has 15 aromatic carbocycles. The van der Waals surface area contributed by atoms with Gasteiger partial charge >= 0.3 is 0 Å². The van der Waals surface area contributed by atoms with Gasteiger partial charge in [0, 0.05) is 98.9 Å².